The third-order valence-electron chi connectivity index (χ3n) is 3.92. The second-order valence-corrected chi connectivity index (χ2v) is 6.87. The van der Waals surface area contributed by atoms with Crippen LogP contribution in [-0.2, 0) is 0 Å². The number of aromatic nitrogens is 1. The SMILES string of the molecule is Cl.Clc1ccc2c(N(CC3CC3)c3ccncc3)csc2c1. The fourth-order valence-corrected chi connectivity index (χ4v) is 3.85. The van der Waals surface area contributed by atoms with Crippen LogP contribution in [0, 0.1) is 5.92 Å². The highest BCUT2D eigenvalue weighted by molar-refractivity contribution is 7.17. The molecular weight excluding hydrogens is 335 g/mol. The summed E-state index contributed by atoms with van der Waals surface area (Å²) in [4.78, 5) is 6.56. The average Bonchev–Trinajstić information content (AvgIpc) is 3.24. The van der Waals surface area contributed by atoms with Crippen LogP contribution in [0.1, 0.15) is 12.8 Å². The van der Waals surface area contributed by atoms with E-state index in [9.17, 15) is 0 Å². The number of thiophene rings is 1. The number of anilines is 2. The molecule has 1 saturated carbocycles. The lowest BCUT2D eigenvalue weighted by Crippen LogP contribution is -2.19. The number of hydrogen-bond acceptors (Lipinski definition) is 3. The zero-order valence-corrected chi connectivity index (χ0v) is 14.3. The van der Waals surface area contributed by atoms with Gasteiger partial charge in [0.2, 0.25) is 0 Å². The van der Waals surface area contributed by atoms with Gasteiger partial charge in [0.05, 0.1) is 5.69 Å². The van der Waals surface area contributed by atoms with Crippen molar-refractivity contribution in [2.45, 2.75) is 12.8 Å². The van der Waals surface area contributed by atoms with Crippen LogP contribution in [0.3, 0.4) is 0 Å². The molecule has 2 heterocycles. The summed E-state index contributed by atoms with van der Waals surface area (Å²) in [5, 5.41) is 4.32. The van der Waals surface area contributed by atoms with Crippen LogP contribution >= 0.6 is 35.3 Å². The van der Waals surface area contributed by atoms with E-state index in [1.807, 2.05) is 24.5 Å². The van der Waals surface area contributed by atoms with E-state index in [1.165, 1.54) is 34.3 Å². The Hall–Kier alpha value is -1.29. The summed E-state index contributed by atoms with van der Waals surface area (Å²) in [5.74, 6) is 0.820. The highest BCUT2D eigenvalue weighted by atomic mass is 35.5. The normalized spacial score (nSPS) is 13.9. The molecule has 22 heavy (non-hydrogen) atoms. The van der Waals surface area contributed by atoms with Gasteiger partial charge in [0.15, 0.2) is 0 Å². The highest BCUT2D eigenvalue weighted by Crippen LogP contribution is 2.41. The Morgan fingerprint density at radius 2 is 1.95 bits per heavy atom. The van der Waals surface area contributed by atoms with E-state index >= 15 is 0 Å². The molecule has 4 rings (SSSR count). The average molecular weight is 351 g/mol. The van der Waals surface area contributed by atoms with E-state index in [2.05, 4.69) is 33.5 Å². The van der Waals surface area contributed by atoms with Crippen LogP contribution in [0.5, 0.6) is 0 Å². The third-order valence-corrected chi connectivity index (χ3v) is 5.09. The van der Waals surface area contributed by atoms with Crippen molar-refractivity contribution < 1.29 is 0 Å². The summed E-state index contributed by atoms with van der Waals surface area (Å²) in [7, 11) is 0. The smallest absolute Gasteiger partial charge is 0.0599 e. The molecule has 0 N–H and O–H groups in total. The number of hydrogen-bond donors (Lipinski definition) is 0. The maximum atomic E-state index is 6.10. The van der Waals surface area contributed by atoms with Crippen molar-refractivity contribution in [3.8, 4) is 0 Å². The fraction of sp³-hybridized carbons (Fsp3) is 0.235. The molecule has 0 bridgehead atoms. The maximum Gasteiger partial charge on any atom is 0.0599 e. The number of nitrogens with zero attached hydrogens (tertiary/aromatic N) is 2. The number of pyridine rings is 1. The van der Waals surface area contributed by atoms with Gasteiger partial charge < -0.3 is 4.90 Å². The minimum atomic E-state index is 0. The van der Waals surface area contributed by atoms with E-state index in [1.54, 1.807) is 11.3 Å². The Kier molecular flexibility index (Phi) is 4.57. The molecule has 3 aromatic rings. The number of benzene rings is 1. The van der Waals surface area contributed by atoms with E-state index in [-0.39, 0.29) is 12.4 Å². The zero-order valence-electron chi connectivity index (χ0n) is 11.9. The molecule has 0 saturated heterocycles. The Morgan fingerprint density at radius 3 is 2.68 bits per heavy atom. The van der Waals surface area contributed by atoms with Gasteiger partial charge in [-0.25, -0.2) is 0 Å². The minimum Gasteiger partial charge on any atom is -0.340 e. The predicted octanol–water partition coefficient (Wildman–Crippen LogP) is 5.92. The minimum absolute atomic E-state index is 0. The first-order valence-corrected chi connectivity index (χ1v) is 8.41. The van der Waals surface area contributed by atoms with E-state index in [0.29, 0.717) is 0 Å². The molecule has 2 nitrogen and oxygen atoms in total. The predicted molar refractivity (Wildman–Crippen MR) is 98.1 cm³/mol. The van der Waals surface area contributed by atoms with Gasteiger partial charge in [-0.15, -0.1) is 23.7 Å². The molecule has 0 aliphatic heterocycles. The molecule has 0 spiro atoms. The quantitative estimate of drug-likeness (QED) is 0.580. The van der Waals surface area contributed by atoms with Crippen molar-refractivity contribution in [3.05, 3.63) is 53.1 Å². The third kappa shape index (κ3) is 3.07. The van der Waals surface area contributed by atoms with Crippen molar-refractivity contribution in [2.24, 2.45) is 5.92 Å². The van der Waals surface area contributed by atoms with Crippen LogP contribution in [0.25, 0.3) is 10.1 Å². The number of rotatable bonds is 4. The van der Waals surface area contributed by atoms with Gasteiger partial charge in [0.1, 0.15) is 0 Å². The first-order valence-electron chi connectivity index (χ1n) is 7.15. The molecule has 0 atom stereocenters. The second kappa shape index (κ2) is 6.45. The van der Waals surface area contributed by atoms with Crippen molar-refractivity contribution >= 4 is 56.8 Å². The Bertz CT molecular complexity index is 769. The zero-order chi connectivity index (χ0) is 14.2. The van der Waals surface area contributed by atoms with Gasteiger partial charge >= 0.3 is 0 Å². The molecule has 0 unspecified atom stereocenters. The first-order chi connectivity index (χ1) is 10.3. The van der Waals surface area contributed by atoms with Gasteiger partial charge in [0.25, 0.3) is 0 Å². The van der Waals surface area contributed by atoms with E-state index in [0.717, 1.165) is 17.5 Å². The summed E-state index contributed by atoms with van der Waals surface area (Å²) in [5.41, 5.74) is 2.50. The first kappa shape index (κ1) is 15.6. The summed E-state index contributed by atoms with van der Waals surface area (Å²) in [6, 6.07) is 10.3. The maximum absolute atomic E-state index is 6.10. The van der Waals surface area contributed by atoms with Crippen molar-refractivity contribution in [1.82, 2.24) is 4.98 Å². The van der Waals surface area contributed by atoms with Gasteiger partial charge in [-0.3, -0.25) is 4.98 Å². The summed E-state index contributed by atoms with van der Waals surface area (Å²) in [6.45, 7) is 1.08. The molecule has 0 radical (unpaired) electrons. The lowest BCUT2D eigenvalue weighted by atomic mass is 10.2. The standard InChI is InChI=1S/C17H15ClN2S.ClH/c18-13-3-4-15-16(11-21-17(15)9-13)20(10-12-1-2-12)14-5-7-19-8-6-14;/h3-9,11-12H,1-2,10H2;1H. The summed E-state index contributed by atoms with van der Waals surface area (Å²) < 4.78 is 1.24. The van der Waals surface area contributed by atoms with Gasteiger partial charge in [-0.05, 0) is 49.1 Å². The molecule has 1 aliphatic rings. The topological polar surface area (TPSA) is 16.1 Å². The van der Waals surface area contributed by atoms with Gasteiger partial charge in [0, 0.05) is 45.1 Å². The molecule has 1 fully saturated rings. The molecule has 0 amide bonds. The van der Waals surface area contributed by atoms with Gasteiger partial charge in [-0.2, -0.15) is 0 Å². The Morgan fingerprint density at radius 1 is 1.18 bits per heavy atom. The van der Waals surface area contributed by atoms with Crippen LogP contribution in [0.15, 0.2) is 48.1 Å². The monoisotopic (exact) mass is 350 g/mol. The fourth-order valence-electron chi connectivity index (χ4n) is 2.62. The molecule has 5 heteroatoms. The van der Waals surface area contributed by atoms with Crippen molar-refractivity contribution in [1.29, 1.82) is 0 Å². The Balaban J connectivity index is 0.00000144. The number of fused-ring (bicyclic) bond motifs is 1. The van der Waals surface area contributed by atoms with Crippen LogP contribution < -0.4 is 4.90 Å². The van der Waals surface area contributed by atoms with E-state index in [4.69, 9.17) is 11.6 Å². The molecular formula is C17H16Cl2N2S. The molecule has 2 aromatic heterocycles. The van der Waals surface area contributed by atoms with Gasteiger partial charge in [-0.1, -0.05) is 11.6 Å². The van der Waals surface area contributed by atoms with Crippen molar-refractivity contribution in [3.63, 3.8) is 0 Å². The Labute approximate surface area is 145 Å². The largest absolute Gasteiger partial charge is 0.340 e. The van der Waals surface area contributed by atoms with E-state index < -0.39 is 0 Å². The molecule has 114 valence electrons. The van der Waals surface area contributed by atoms with Crippen molar-refractivity contribution in [2.75, 3.05) is 11.4 Å². The lowest BCUT2D eigenvalue weighted by molar-refractivity contribution is 0.816. The van der Waals surface area contributed by atoms with Crippen LogP contribution in [0.2, 0.25) is 5.02 Å². The lowest BCUT2D eigenvalue weighted by Gasteiger charge is -2.24. The summed E-state index contributed by atoms with van der Waals surface area (Å²) in [6.07, 6.45) is 6.41. The summed E-state index contributed by atoms with van der Waals surface area (Å²) >= 11 is 7.86. The number of halogens is 2. The van der Waals surface area contributed by atoms with Crippen LogP contribution in [-0.4, -0.2) is 11.5 Å². The molecule has 1 aromatic carbocycles. The molecule has 1 aliphatic carbocycles. The van der Waals surface area contributed by atoms with Crippen LogP contribution in [0.4, 0.5) is 11.4 Å². The second-order valence-electron chi connectivity index (χ2n) is 5.52. The highest BCUT2D eigenvalue weighted by Gasteiger charge is 2.26.